The van der Waals surface area contributed by atoms with Crippen molar-refractivity contribution in [2.24, 2.45) is 11.3 Å². The molecule has 4 rings (SSSR count). The molecule has 2 aromatic heterocycles. The molecule has 0 aliphatic heterocycles. The van der Waals surface area contributed by atoms with Crippen LogP contribution in [0.3, 0.4) is 0 Å². The molecule has 196 valence electrons. The number of hydrogen-bond acceptors (Lipinski definition) is 8. The highest BCUT2D eigenvalue weighted by molar-refractivity contribution is 7.13. The Morgan fingerprint density at radius 2 is 1.92 bits per heavy atom. The number of aromatic nitrogens is 2. The van der Waals surface area contributed by atoms with Crippen molar-refractivity contribution in [1.29, 1.82) is 0 Å². The minimum absolute atomic E-state index is 0.0330. The number of pyridine rings is 1. The maximum Gasteiger partial charge on any atom is 0.339 e. The number of hydrogen-bond donors (Lipinski definition) is 1. The highest BCUT2D eigenvalue weighted by Gasteiger charge is 2.34. The number of esters is 2. The van der Waals surface area contributed by atoms with Crippen LogP contribution >= 0.6 is 11.3 Å². The van der Waals surface area contributed by atoms with E-state index in [0.29, 0.717) is 28.9 Å². The second-order valence-electron chi connectivity index (χ2n) is 9.96. The third-order valence-corrected chi connectivity index (χ3v) is 8.05. The molecule has 2 heterocycles. The summed E-state index contributed by atoms with van der Waals surface area (Å²) in [5.74, 6) is -0.974. The van der Waals surface area contributed by atoms with Gasteiger partial charge >= 0.3 is 11.9 Å². The first-order valence-electron chi connectivity index (χ1n) is 12.7. The molecule has 1 unspecified atom stereocenters. The summed E-state index contributed by atoms with van der Waals surface area (Å²) in [7, 11) is 0. The van der Waals surface area contributed by atoms with Crippen LogP contribution in [0.5, 0.6) is 0 Å². The van der Waals surface area contributed by atoms with Gasteiger partial charge in [0.05, 0.1) is 29.8 Å². The maximum absolute atomic E-state index is 13.4. The van der Waals surface area contributed by atoms with Gasteiger partial charge in [0, 0.05) is 16.5 Å². The van der Waals surface area contributed by atoms with E-state index in [2.05, 4.69) is 31.1 Å². The van der Waals surface area contributed by atoms with Crippen molar-refractivity contribution < 1.29 is 23.9 Å². The summed E-state index contributed by atoms with van der Waals surface area (Å²) in [6, 6.07) is 7.57. The van der Waals surface area contributed by atoms with Gasteiger partial charge in [0.1, 0.15) is 0 Å². The fourth-order valence-electron chi connectivity index (χ4n) is 4.74. The molecule has 9 heteroatoms. The van der Waals surface area contributed by atoms with Crippen LogP contribution in [0.2, 0.25) is 0 Å². The van der Waals surface area contributed by atoms with Crippen molar-refractivity contribution in [2.45, 2.75) is 59.8 Å². The Labute approximate surface area is 220 Å². The molecule has 1 atom stereocenters. The fraction of sp³-hybridized carbons (Fsp3) is 0.464. The van der Waals surface area contributed by atoms with Gasteiger partial charge in [-0.15, -0.1) is 11.3 Å². The Bertz CT molecular complexity index is 1320. The zero-order valence-electron chi connectivity index (χ0n) is 21.8. The van der Waals surface area contributed by atoms with Crippen LogP contribution in [0.25, 0.3) is 10.9 Å². The Morgan fingerprint density at radius 1 is 1.14 bits per heavy atom. The van der Waals surface area contributed by atoms with E-state index in [4.69, 9.17) is 14.5 Å². The van der Waals surface area contributed by atoms with Crippen molar-refractivity contribution in [2.75, 3.05) is 18.5 Å². The van der Waals surface area contributed by atoms with E-state index in [1.54, 1.807) is 12.3 Å². The number of benzene rings is 1. The first-order valence-corrected chi connectivity index (χ1v) is 13.6. The van der Waals surface area contributed by atoms with Gasteiger partial charge in [0.25, 0.3) is 5.91 Å². The first kappa shape index (κ1) is 26.7. The predicted octanol–water partition coefficient (Wildman–Crippen LogP) is 5.13. The number of thiazole rings is 1. The standard InChI is InChI=1S/C28H33N3O5S/c1-5-28(3,4)17-11-12-22-20(13-17)25(19-9-7-8-10-21(19)30-22)26(34)36-15-23(32)31-27-29-18(16-37-27)14-24(33)35-6-2/h7-10,16-17H,5-6,11-15H2,1-4H3,(H,29,31,32). The molecule has 0 spiro atoms. The van der Waals surface area contributed by atoms with Crippen LogP contribution in [0, 0.1) is 11.3 Å². The molecule has 0 radical (unpaired) electrons. The average molecular weight is 524 g/mol. The van der Waals surface area contributed by atoms with E-state index < -0.39 is 18.5 Å². The van der Waals surface area contributed by atoms with Crippen LogP contribution in [-0.2, 0) is 38.3 Å². The summed E-state index contributed by atoms with van der Waals surface area (Å²) in [6.45, 7) is 8.34. The molecule has 1 amide bonds. The van der Waals surface area contributed by atoms with E-state index in [9.17, 15) is 14.4 Å². The molecular formula is C28H33N3O5S. The molecular weight excluding hydrogens is 490 g/mol. The minimum atomic E-state index is -0.526. The third-order valence-electron chi connectivity index (χ3n) is 7.24. The lowest BCUT2D eigenvalue weighted by molar-refractivity contribution is -0.142. The SMILES string of the molecule is CCOC(=O)Cc1csc(NC(=O)COC(=O)c2c3c(nc4ccccc24)CCC(C(C)(C)CC)C3)n1. The highest BCUT2D eigenvalue weighted by Crippen LogP contribution is 2.41. The average Bonchev–Trinajstić information content (AvgIpc) is 3.31. The zero-order valence-corrected chi connectivity index (χ0v) is 22.6. The van der Waals surface area contributed by atoms with Gasteiger partial charge in [0.2, 0.25) is 0 Å². The molecule has 8 nitrogen and oxygen atoms in total. The number of aryl methyl sites for hydroxylation is 1. The van der Waals surface area contributed by atoms with Gasteiger partial charge in [-0.05, 0) is 49.1 Å². The number of anilines is 1. The smallest absolute Gasteiger partial charge is 0.339 e. The Balaban J connectivity index is 1.49. The molecule has 0 saturated carbocycles. The molecule has 1 aromatic carbocycles. The van der Waals surface area contributed by atoms with Gasteiger partial charge in [-0.2, -0.15) is 0 Å². The Kier molecular flexibility index (Phi) is 8.22. The topological polar surface area (TPSA) is 107 Å². The molecule has 0 bridgehead atoms. The van der Waals surface area contributed by atoms with Crippen LogP contribution in [0.15, 0.2) is 29.6 Å². The lowest BCUT2D eigenvalue weighted by atomic mass is 9.68. The summed E-state index contributed by atoms with van der Waals surface area (Å²) in [6.07, 6.45) is 3.68. The molecule has 1 N–H and O–H groups in total. The molecule has 3 aromatic rings. The molecule has 0 saturated heterocycles. The van der Waals surface area contributed by atoms with Crippen molar-refractivity contribution >= 4 is 45.2 Å². The third kappa shape index (κ3) is 6.15. The van der Waals surface area contributed by atoms with Crippen molar-refractivity contribution in [3.05, 3.63) is 52.2 Å². The number of carbonyl (C=O) groups excluding carboxylic acids is 3. The Morgan fingerprint density at radius 3 is 2.68 bits per heavy atom. The monoisotopic (exact) mass is 523 g/mol. The van der Waals surface area contributed by atoms with Crippen molar-refractivity contribution in [3.8, 4) is 0 Å². The number of amides is 1. The zero-order chi connectivity index (χ0) is 26.6. The summed E-state index contributed by atoms with van der Waals surface area (Å²) < 4.78 is 10.4. The molecule has 0 fully saturated rings. The summed E-state index contributed by atoms with van der Waals surface area (Å²) in [5, 5.41) is 5.39. The van der Waals surface area contributed by atoms with Crippen LogP contribution in [0.1, 0.15) is 67.8 Å². The van der Waals surface area contributed by atoms with Crippen molar-refractivity contribution in [1.82, 2.24) is 9.97 Å². The number of para-hydroxylation sites is 1. The summed E-state index contributed by atoms with van der Waals surface area (Å²) in [5.41, 5.74) is 3.79. The van der Waals surface area contributed by atoms with Crippen LogP contribution in [-0.4, -0.2) is 41.0 Å². The van der Waals surface area contributed by atoms with Gasteiger partial charge in [-0.1, -0.05) is 45.4 Å². The van der Waals surface area contributed by atoms with Gasteiger partial charge in [-0.3, -0.25) is 19.9 Å². The molecule has 1 aliphatic rings. The first-order chi connectivity index (χ1) is 17.7. The second kappa shape index (κ2) is 11.4. The van der Waals surface area contributed by atoms with Gasteiger partial charge in [-0.25, -0.2) is 9.78 Å². The predicted molar refractivity (Wildman–Crippen MR) is 143 cm³/mol. The van der Waals surface area contributed by atoms with E-state index in [-0.39, 0.29) is 17.8 Å². The van der Waals surface area contributed by atoms with Gasteiger partial charge in [0.15, 0.2) is 11.7 Å². The van der Waals surface area contributed by atoms with E-state index in [1.807, 2.05) is 24.3 Å². The second-order valence-corrected chi connectivity index (χ2v) is 10.8. The maximum atomic E-state index is 13.4. The number of rotatable bonds is 9. The summed E-state index contributed by atoms with van der Waals surface area (Å²) >= 11 is 1.19. The number of carbonyl (C=O) groups is 3. The number of nitrogens with one attached hydrogen (secondary N) is 1. The normalized spacial score (nSPS) is 15.2. The fourth-order valence-corrected chi connectivity index (χ4v) is 5.47. The van der Waals surface area contributed by atoms with Crippen molar-refractivity contribution in [3.63, 3.8) is 0 Å². The molecule has 37 heavy (non-hydrogen) atoms. The lowest BCUT2D eigenvalue weighted by Gasteiger charge is -2.37. The minimum Gasteiger partial charge on any atom is -0.466 e. The Hall–Kier alpha value is -3.33. The van der Waals surface area contributed by atoms with E-state index >= 15 is 0 Å². The molecule has 1 aliphatic carbocycles. The number of ether oxygens (including phenoxy) is 2. The summed E-state index contributed by atoms with van der Waals surface area (Å²) in [4.78, 5) is 46.7. The van der Waals surface area contributed by atoms with Gasteiger partial charge < -0.3 is 9.47 Å². The quantitative estimate of drug-likeness (QED) is 0.387. The van der Waals surface area contributed by atoms with E-state index in [1.165, 1.54) is 11.3 Å². The highest BCUT2D eigenvalue weighted by atomic mass is 32.1. The largest absolute Gasteiger partial charge is 0.466 e. The number of nitrogens with zero attached hydrogens (tertiary/aromatic N) is 2. The number of fused-ring (bicyclic) bond motifs is 2. The van der Waals surface area contributed by atoms with Crippen LogP contribution in [0.4, 0.5) is 5.13 Å². The lowest BCUT2D eigenvalue weighted by Crippen LogP contribution is -2.31. The van der Waals surface area contributed by atoms with Crippen LogP contribution < -0.4 is 5.32 Å². The van der Waals surface area contributed by atoms with E-state index in [0.717, 1.165) is 47.8 Å².